The van der Waals surface area contributed by atoms with Crippen molar-refractivity contribution >= 4 is 5.91 Å². The molecule has 0 saturated heterocycles. The zero-order chi connectivity index (χ0) is 15.0. The number of hydrogen-bond acceptors (Lipinski definition) is 3. The topological polar surface area (TPSA) is 64.3 Å². The van der Waals surface area contributed by atoms with Gasteiger partial charge in [0.1, 0.15) is 5.75 Å². The minimum atomic E-state index is -0.378. The van der Waals surface area contributed by atoms with E-state index in [-0.39, 0.29) is 11.4 Å². The van der Waals surface area contributed by atoms with Crippen LogP contribution in [0.4, 0.5) is 0 Å². The van der Waals surface area contributed by atoms with E-state index in [0.29, 0.717) is 13.0 Å². The zero-order valence-electron chi connectivity index (χ0n) is 12.7. The molecule has 0 heterocycles. The maximum atomic E-state index is 12.0. The summed E-state index contributed by atoms with van der Waals surface area (Å²) in [6, 6.07) is 7.77. The van der Waals surface area contributed by atoms with E-state index in [0.717, 1.165) is 30.6 Å². The lowest BCUT2D eigenvalue weighted by Crippen LogP contribution is -2.40. The van der Waals surface area contributed by atoms with Crippen molar-refractivity contribution in [3.8, 4) is 5.75 Å². The Morgan fingerprint density at radius 3 is 2.40 bits per heavy atom. The van der Waals surface area contributed by atoms with Gasteiger partial charge in [-0.3, -0.25) is 4.79 Å². The standard InChI is InChI=1S/C16H26N2O2/c1-16(2,13-8-10-14(20-3)11-9-13)18-15(19)7-5-4-6-12-17/h8-11H,4-7,12,17H2,1-3H3,(H,18,19). The van der Waals surface area contributed by atoms with Crippen LogP contribution in [0.1, 0.15) is 45.1 Å². The molecule has 1 rings (SSSR count). The summed E-state index contributed by atoms with van der Waals surface area (Å²) in [5.41, 5.74) is 6.12. The minimum Gasteiger partial charge on any atom is -0.497 e. The molecule has 0 fully saturated rings. The summed E-state index contributed by atoms with van der Waals surface area (Å²) in [6.45, 7) is 4.71. The van der Waals surface area contributed by atoms with Crippen molar-refractivity contribution in [1.82, 2.24) is 5.32 Å². The number of carbonyl (C=O) groups is 1. The van der Waals surface area contributed by atoms with Gasteiger partial charge >= 0.3 is 0 Å². The molecule has 1 amide bonds. The number of carbonyl (C=O) groups excluding carboxylic acids is 1. The number of hydrogen-bond donors (Lipinski definition) is 2. The molecule has 0 aliphatic carbocycles. The van der Waals surface area contributed by atoms with E-state index >= 15 is 0 Å². The first-order valence-electron chi connectivity index (χ1n) is 7.15. The fraction of sp³-hybridized carbons (Fsp3) is 0.562. The molecule has 0 radical (unpaired) electrons. The van der Waals surface area contributed by atoms with Gasteiger partial charge in [0.05, 0.1) is 12.6 Å². The van der Waals surface area contributed by atoms with E-state index in [9.17, 15) is 4.79 Å². The second kappa shape index (κ2) is 7.90. The Bertz CT molecular complexity index is 413. The first-order chi connectivity index (χ1) is 9.49. The third-order valence-corrected chi connectivity index (χ3v) is 3.37. The van der Waals surface area contributed by atoms with Crippen LogP contribution in [0.25, 0.3) is 0 Å². The van der Waals surface area contributed by atoms with Gasteiger partial charge in [-0.2, -0.15) is 0 Å². The lowest BCUT2D eigenvalue weighted by Gasteiger charge is -2.27. The van der Waals surface area contributed by atoms with Crippen LogP contribution in [0.15, 0.2) is 24.3 Å². The van der Waals surface area contributed by atoms with Gasteiger partial charge in [0.15, 0.2) is 0 Å². The molecule has 0 atom stereocenters. The summed E-state index contributed by atoms with van der Waals surface area (Å²) < 4.78 is 5.14. The fourth-order valence-corrected chi connectivity index (χ4v) is 2.10. The highest BCUT2D eigenvalue weighted by Gasteiger charge is 2.22. The average Bonchev–Trinajstić information content (AvgIpc) is 2.43. The van der Waals surface area contributed by atoms with Crippen LogP contribution in [0.5, 0.6) is 5.75 Å². The largest absolute Gasteiger partial charge is 0.497 e. The molecule has 112 valence electrons. The first kappa shape index (κ1) is 16.5. The molecule has 0 aliphatic rings. The van der Waals surface area contributed by atoms with E-state index in [4.69, 9.17) is 10.5 Å². The molecule has 4 nitrogen and oxygen atoms in total. The van der Waals surface area contributed by atoms with Crippen molar-refractivity contribution in [1.29, 1.82) is 0 Å². The van der Waals surface area contributed by atoms with Gasteiger partial charge in [-0.15, -0.1) is 0 Å². The summed E-state index contributed by atoms with van der Waals surface area (Å²) in [6.07, 6.45) is 3.43. The summed E-state index contributed by atoms with van der Waals surface area (Å²) in [7, 11) is 1.64. The van der Waals surface area contributed by atoms with E-state index < -0.39 is 0 Å². The van der Waals surface area contributed by atoms with Crippen LogP contribution in [-0.4, -0.2) is 19.6 Å². The molecule has 0 saturated carbocycles. The molecule has 20 heavy (non-hydrogen) atoms. The molecule has 0 bridgehead atoms. The SMILES string of the molecule is COc1ccc(C(C)(C)NC(=O)CCCCCN)cc1. The lowest BCUT2D eigenvalue weighted by atomic mass is 9.94. The van der Waals surface area contributed by atoms with E-state index in [2.05, 4.69) is 5.32 Å². The highest BCUT2D eigenvalue weighted by atomic mass is 16.5. The van der Waals surface area contributed by atoms with Crippen molar-refractivity contribution in [2.24, 2.45) is 5.73 Å². The average molecular weight is 278 g/mol. The summed E-state index contributed by atoms with van der Waals surface area (Å²) in [5, 5.41) is 3.08. The van der Waals surface area contributed by atoms with Crippen LogP contribution in [0.2, 0.25) is 0 Å². The zero-order valence-corrected chi connectivity index (χ0v) is 12.7. The van der Waals surface area contributed by atoms with Crippen molar-refractivity contribution in [2.75, 3.05) is 13.7 Å². The van der Waals surface area contributed by atoms with Gasteiger partial charge < -0.3 is 15.8 Å². The van der Waals surface area contributed by atoms with Crippen molar-refractivity contribution < 1.29 is 9.53 Å². The monoisotopic (exact) mass is 278 g/mol. The second-order valence-electron chi connectivity index (χ2n) is 5.50. The summed E-state index contributed by atoms with van der Waals surface area (Å²) in [5.74, 6) is 0.903. The Balaban J connectivity index is 2.52. The summed E-state index contributed by atoms with van der Waals surface area (Å²) in [4.78, 5) is 12.0. The highest BCUT2D eigenvalue weighted by Crippen LogP contribution is 2.22. The Kier molecular flexibility index (Phi) is 6.52. The minimum absolute atomic E-state index is 0.0860. The van der Waals surface area contributed by atoms with Gasteiger partial charge in [0.25, 0.3) is 0 Å². The molecule has 0 aliphatic heterocycles. The molecular weight excluding hydrogens is 252 g/mol. The smallest absolute Gasteiger partial charge is 0.220 e. The summed E-state index contributed by atoms with van der Waals surface area (Å²) >= 11 is 0. The normalized spacial score (nSPS) is 11.2. The number of nitrogens with two attached hydrogens (primary N) is 1. The number of ether oxygens (including phenoxy) is 1. The molecule has 0 spiro atoms. The second-order valence-corrected chi connectivity index (χ2v) is 5.50. The molecule has 1 aromatic rings. The number of amides is 1. The van der Waals surface area contributed by atoms with Crippen molar-refractivity contribution in [3.05, 3.63) is 29.8 Å². The van der Waals surface area contributed by atoms with Gasteiger partial charge in [-0.05, 0) is 50.9 Å². The van der Waals surface area contributed by atoms with Crippen LogP contribution < -0.4 is 15.8 Å². The molecule has 3 N–H and O–H groups in total. The molecule has 0 aromatic heterocycles. The number of rotatable bonds is 8. The number of methoxy groups -OCH3 is 1. The highest BCUT2D eigenvalue weighted by molar-refractivity contribution is 5.76. The number of unbranched alkanes of at least 4 members (excludes halogenated alkanes) is 2. The number of benzene rings is 1. The third kappa shape index (κ3) is 5.21. The molecule has 4 heteroatoms. The number of nitrogens with one attached hydrogen (secondary N) is 1. The van der Waals surface area contributed by atoms with E-state index in [1.165, 1.54) is 0 Å². The van der Waals surface area contributed by atoms with Crippen LogP contribution in [0.3, 0.4) is 0 Å². The predicted octanol–water partition coefficient (Wildman–Crippen LogP) is 2.57. The van der Waals surface area contributed by atoms with Crippen molar-refractivity contribution in [3.63, 3.8) is 0 Å². The lowest BCUT2D eigenvalue weighted by molar-refractivity contribution is -0.122. The van der Waals surface area contributed by atoms with Gasteiger partial charge in [-0.1, -0.05) is 18.6 Å². The molecule has 1 aromatic carbocycles. The van der Waals surface area contributed by atoms with E-state index in [1.54, 1.807) is 7.11 Å². The first-order valence-corrected chi connectivity index (χ1v) is 7.15. The quantitative estimate of drug-likeness (QED) is 0.718. The molecular formula is C16H26N2O2. The maximum absolute atomic E-state index is 12.0. The maximum Gasteiger partial charge on any atom is 0.220 e. The van der Waals surface area contributed by atoms with E-state index in [1.807, 2.05) is 38.1 Å². The van der Waals surface area contributed by atoms with Crippen LogP contribution in [0, 0.1) is 0 Å². The van der Waals surface area contributed by atoms with Crippen LogP contribution >= 0.6 is 0 Å². The van der Waals surface area contributed by atoms with Crippen LogP contribution in [-0.2, 0) is 10.3 Å². The van der Waals surface area contributed by atoms with Gasteiger partial charge in [0, 0.05) is 6.42 Å². The fourth-order valence-electron chi connectivity index (χ4n) is 2.10. The molecule has 0 unspecified atom stereocenters. The Labute approximate surface area is 121 Å². The predicted molar refractivity (Wildman–Crippen MR) is 81.7 cm³/mol. The van der Waals surface area contributed by atoms with Gasteiger partial charge in [-0.25, -0.2) is 0 Å². The third-order valence-electron chi connectivity index (χ3n) is 3.37. The Morgan fingerprint density at radius 1 is 1.20 bits per heavy atom. The Morgan fingerprint density at radius 2 is 1.85 bits per heavy atom. The van der Waals surface area contributed by atoms with Crippen molar-refractivity contribution in [2.45, 2.75) is 45.1 Å². The Hall–Kier alpha value is -1.55. The van der Waals surface area contributed by atoms with Gasteiger partial charge in [0.2, 0.25) is 5.91 Å².